The molecule has 0 saturated carbocycles. The third-order valence-corrected chi connectivity index (χ3v) is 4.29. The Morgan fingerprint density at radius 1 is 1.25 bits per heavy atom. The molecule has 0 aromatic heterocycles. The van der Waals surface area contributed by atoms with Gasteiger partial charge in [0.05, 0.1) is 15.7 Å². The zero-order chi connectivity index (χ0) is 14.5. The zero-order valence-electron chi connectivity index (χ0n) is 12.1. The van der Waals surface area contributed by atoms with E-state index in [4.69, 9.17) is 23.2 Å². The molecule has 4 heteroatoms. The van der Waals surface area contributed by atoms with Crippen LogP contribution in [0, 0.1) is 0 Å². The first-order valence-corrected chi connectivity index (χ1v) is 7.88. The second-order valence-corrected chi connectivity index (χ2v) is 6.41. The van der Waals surface area contributed by atoms with Crippen molar-refractivity contribution in [3.63, 3.8) is 0 Å². The summed E-state index contributed by atoms with van der Waals surface area (Å²) in [6, 6.07) is 6.08. The molecule has 0 bridgehead atoms. The van der Waals surface area contributed by atoms with E-state index < -0.39 is 0 Å². The summed E-state index contributed by atoms with van der Waals surface area (Å²) in [5.74, 6) is 0. The molecule has 1 heterocycles. The van der Waals surface area contributed by atoms with E-state index in [0.29, 0.717) is 16.1 Å². The van der Waals surface area contributed by atoms with Gasteiger partial charge in [-0.1, -0.05) is 40.9 Å². The van der Waals surface area contributed by atoms with Gasteiger partial charge < -0.3 is 5.32 Å². The molecule has 1 aromatic rings. The molecule has 2 rings (SSSR count). The first-order chi connectivity index (χ1) is 9.56. The molecule has 0 unspecified atom stereocenters. The maximum Gasteiger partial charge on any atom is 0.0721 e. The fraction of sp³-hybridized carbons (Fsp3) is 0.500. The van der Waals surface area contributed by atoms with Gasteiger partial charge in [0.15, 0.2) is 0 Å². The number of hydrogen-bond donors (Lipinski definition) is 1. The summed E-state index contributed by atoms with van der Waals surface area (Å²) in [6.07, 6.45) is 4.54. The van der Waals surface area contributed by atoms with Gasteiger partial charge in [-0.2, -0.15) is 0 Å². The lowest BCUT2D eigenvalue weighted by atomic mass is 10.0. The Morgan fingerprint density at radius 3 is 2.40 bits per heavy atom. The van der Waals surface area contributed by atoms with Crippen molar-refractivity contribution in [2.45, 2.75) is 32.7 Å². The summed E-state index contributed by atoms with van der Waals surface area (Å²) in [5, 5.41) is 4.89. The van der Waals surface area contributed by atoms with Gasteiger partial charge in [-0.25, -0.2) is 0 Å². The van der Waals surface area contributed by atoms with Crippen molar-refractivity contribution in [3.8, 4) is 0 Å². The molecule has 1 saturated heterocycles. The number of nitrogens with zero attached hydrogens (tertiary/aromatic N) is 1. The number of para-hydroxylation sites is 1. The SMILES string of the molecule is CC(C)=CCN1CCC(Nc2c(Cl)cccc2Cl)CC1. The summed E-state index contributed by atoms with van der Waals surface area (Å²) >= 11 is 12.4. The molecule has 2 nitrogen and oxygen atoms in total. The van der Waals surface area contributed by atoms with Crippen LogP contribution in [0.1, 0.15) is 26.7 Å². The van der Waals surface area contributed by atoms with Gasteiger partial charge in [0, 0.05) is 25.7 Å². The Balaban J connectivity index is 1.87. The largest absolute Gasteiger partial charge is 0.380 e. The number of likely N-dealkylation sites (tertiary alicyclic amines) is 1. The van der Waals surface area contributed by atoms with Crippen molar-refractivity contribution in [1.29, 1.82) is 0 Å². The maximum absolute atomic E-state index is 6.20. The van der Waals surface area contributed by atoms with Crippen molar-refractivity contribution in [1.82, 2.24) is 4.90 Å². The van der Waals surface area contributed by atoms with Crippen molar-refractivity contribution >= 4 is 28.9 Å². The molecule has 1 fully saturated rings. The Hall–Kier alpha value is -0.700. The number of halogens is 2. The average Bonchev–Trinajstić information content (AvgIpc) is 2.42. The predicted molar refractivity (Wildman–Crippen MR) is 89.0 cm³/mol. The third-order valence-electron chi connectivity index (χ3n) is 3.66. The second-order valence-electron chi connectivity index (χ2n) is 5.60. The highest BCUT2D eigenvalue weighted by atomic mass is 35.5. The van der Waals surface area contributed by atoms with Crippen LogP contribution >= 0.6 is 23.2 Å². The Labute approximate surface area is 131 Å². The number of rotatable bonds is 4. The lowest BCUT2D eigenvalue weighted by molar-refractivity contribution is 0.240. The molecule has 20 heavy (non-hydrogen) atoms. The van der Waals surface area contributed by atoms with Crippen LogP contribution in [0.3, 0.4) is 0 Å². The fourth-order valence-electron chi connectivity index (χ4n) is 2.41. The molecule has 1 aliphatic heterocycles. The van der Waals surface area contributed by atoms with Gasteiger partial charge in [-0.15, -0.1) is 0 Å². The number of anilines is 1. The predicted octanol–water partition coefficient (Wildman–Crippen LogP) is 4.84. The molecule has 0 amide bonds. The number of benzene rings is 1. The zero-order valence-corrected chi connectivity index (χ0v) is 13.6. The van der Waals surface area contributed by atoms with Crippen LogP contribution in [0.25, 0.3) is 0 Å². The van der Waals surface area contributed by atoms with Gasteiger partial charge >= 0.3 is 0 Å². The van der Waals surface area contributed by atoms with Crippen LogP contribution in [0.15, 0.2) is 29.8 Å². The average molecular weight is 313 g/mol. The lowest BCUT2D eigenvalue weighted by Crippen LogP contribution is -2.39. The summed E-state index contributed by atoms with van der Waals surface area (Å²) in [4.78, 5) is 2.49. The topological polar surface area (TPSA) is 15.3 Å². The van der Waals surface area contributed by atoms with Crippen molar-refractivity contribution in [3.05, 3.63) is 39.9 Å². The van der Waals surface area contributed by atoms with E-state index in [9.17, 15) is 0 Å². The first-order valence-electron chi connectivity index (χ1n) is 7.12. The summed E-state index contributed by atoms with van der Waals surface area (Å²) in [6.45, 7) is 7.58. The number of nitrogens with one attached hydrogen (secondary N) is 1. The molecule has 0 radical (unpaired) electrons. The van der Waals surface area contributed by atoms with E-state index in [0.717, 1.165) is 38.2 Å². The molecule has 110 valence electrons. The molecule has 1 N–H and O–H groups in total. The minimum atomic E-state index is 0.454. The van der Waals surface area contributed by atoms with Crippen LogP contribution in [0.5, 0.6) is 0 Å². The van der Waals surface area contributed by atoms with Crippen molar-refractivity contribution < 1.29 is 0 Å². The maximum atomic E-state index is 6.20. The minimum absolute atomic E-state index is 0.454. The smallest absolute Gasteiger partial charge is 0.0721 e. The number of allylic oxidation sites excluding steroid dienone is 1. The second kappa shape index (κ2) is 7.35. The Bertz CT molecular complexity index is 453. The molecule has 1 aliphatic rings. The molecule has 0 aliphatic carbocycles. The van der Waals surface area contributed by atoms with E-state index in [1.807, 2.05) is 18.2 Å². The van der Waals surface area contributed by atoms with Crippen LogP contribution in [0.2, 0.25) is 10.0 Å². The normalized spacial score (nSPS) is 17.0. The van der Waals surface area contributed by atoms with Crippen LogP contribution in [0.4, 0.5) is 5.69 Å². The van der Waals surface area contributed by atoms with Gasteiger partial charge in [0.25, 0.3) is 0 Å². The van der Waals surface area contributed by atoms with Crippen LogP contribution < -0.4 is 5.32 Å². The monoisotopic (exact) mass is 312 g/mol. The van der Waals surface area contributed by atoms with E-state index in [-0.39, 0.29) is 0 Å². The quantitative estimate of drug-likeness (QED) is 0.801. The molecule has 1 aromatic carbocycles. The summed E-state index contributed by atoms with van der Waals surface area (Å²) in [7, 11) is 0. The number of hydrogen-bond acceptors (Lipinski definition) is 2. The summed E-state index contributed by atoms with van der Waals surface area (Å²) < 4.78 is 0. The lowest BCUT2D eigenvalue weighted by Gasteiger charge is -2.32. The highest BCUT2D eigenvalue weighted by Gasteiger charge is 2.19. The van der Waals surface area contributed by atoms with Crippen molar-refractivity contribution in [2.75, 3.05) is 25.0 Å². The molecule has 0 atom stereocenters. The Kier molecular flexibility index (Phi) is 5.76. The highest BCUT2D eigenvalue weighted by Crippen LogP contribution is 2.31. The first kappa shape index (κ1) is 15.7. The fourth-order valence-corrected chi connectivity index (χ4v) is 2.92. The number of piperidine rings is 1. The van der Waals surface area contributed by atoms with Crippen LogP contribution in [-0.4, -0.2) is 30.6 Å². The van der Waals surface area contributed by atoms with E-state index in [2.05, 4.69) is 30.1 Å². The van der Waals surface area contributed by atoms with Gasteiger partial charge in [0.2, 0.25) is 0 Å². The van der Waals surface area contributed by atoms with Gasteiger partial charge in [-0.3, -0.25) is 4.90 Å². The van der Waals surface area contributed by atoms with E-state index in [1.165, 1.54) is 5.57 Å². The van der Waals surface area contributed by atoms with Crippen molar-refractivity contribution in [2.24, 2.45) is 0 Å². The van der Waals surface area contributed by atoms with Crippen LogP contribution in [-0.2, 0) is 0 Å². The van der Waals surface area contributed by atoms with Gasteiger partial charge in [-0.05, 0) is 38.8 Å². The minimum Gasteiger partial charge on any atom is -0.380 e. The standard InChI is InChI=1S/C16H22Cl2N2/c1-12(2)6-9-20-10-7-13(8-11-20)19-16-14(17)4-3-5-15(16)18/h3-6,13,19H,7-11H2,1-2H3. The highest BCUT2D eigenvalue weighted by molar-refractivity contribution is 6.39. The summed E-state index contributed by atoms with van der Waals surface area (Å²) in [5.41, 5.74) is 2.26. The Morgan fingerprint density at radius 2 is 1.85 bits per heavy atom. The molecular formula is C16H22Cl2N2. The molecule has 0 spiro atoms. The van der Waals surface area contributed by atoms with E-state index in [1.54, 1.807) is 0 Å². The third kappa shape index (κ3) is 4.41. The van der Waals surface area contributed by atoms with Gasteiger partial charge in [0.1, 0.15) is 0 Å². The van der Waals surface area contributed by atoms with E-state index >= 15 is 0 Å². The molecular weight excluding hydrogens is 291 g/mol.